The molecule has 35 heavy (non-hydrogen) atoms. The molecule has 0 unspecified atom stereocenters. The molecule has 11 heteroatoms. The largest absolute Gasteiger partial charge is 0.382 e. The predicted octanol–water partition coefficient (Wildman–Crippen LogP) is 3.97. The van der Waals surface area contributed by atoms with E-state index in [4.69, 9.17) is 32.5 Å². The fourth-order valence-corrected chi connectivity index (χ4v) is 5.15. The fourth-order valence-electron chi connectivity index (χ4n) is 5.00. The molecule has 4 heterocycles. The van der Waals surface area contributed by atoms with E-state index in [1.54, 1.807) is 6.33 Å². The first-order valence-corrected chi connectivity index (χ1v) is 11.6. The molecule has 180 valence electrons. The highest BCUT2D eigenvalue weighted by Crippen LogP contribution is 2.45. The van der Waals surface area contributed by atoms with Gasteiger partial charge in [-0.3, -0.25) is 0 Å². The number of rotatable bonds is 4. The van der Waals surface area contributed by atoms with Gasteiger partial charge in [0.25, 0.3) is 0 Å². The standard InChI is InChI=1S/C24H23ClFN7O2/c1-24(2)34-19-12(4-3-11-5-15(26)13-8-14(25)21(27)32-16(13)6-11)7-17(20(19)35-24)33-10-31-18-22(28)29-9-30-23(18)33/h5-10,17,19-20H,3-4H2,1-2H3,(H2,27,32)(H2,28,29,30)/t17-,19-,20+/m1/s1. The molecular weight excluding hydrogens is 473 g/mol. The molecule has 1 fully saturated rings. The number of halogens is 2. The van der Waals surface area contributed by atoms with Crippen molar-refractivity contribution in [3.05, 3.63) is 58.9 Å². The van der Waals surface area contributed by atoms with Crippen LogP contribution >= 0.6 is 11.6 Å². The second-order valence-corrected chi connectivity index (χ2v) is 9.74. The van der Waals surface area contributed by atoms with E-state index in [1.165, 1.54) is 18.5 Å². The molecule has 1 aliphatic carbocycles. The van der Waals surface area contributed by atoms with Gasteiger partial charge in [0.1, 0.15) is 35.7 Å². The summed E-state index contributed by atoms with van der Waals surface area (Å²) in [6, 6.07) is 4.67. The minimum Gasteiger partial charge on any atom is -0.382 e. The maximum Gasteiger partial charge on any atom is 0.166 e. The minimum absolute atomic E-state index is 0.177. The van der Waals surface area contributed by atoms with E-state index in [0.717, 1.165) is 11.1 Å². The van der Waals surface area contributed by atoms with Crippen LogP contribution < -0.4 is 11.5 Å². The number of aromatic nitrogens is 5. The number of anilines is 2. The van der Waals surface area contributed by atoms with Gasteiger partial charge < -0.3 is 25.5 Å². The number of pyridine rings is 1. The van der Waals surface area contributed by atoms with Crippen molar-refractivity contribution in [1.29, 1.82) is 0 Å². The van der Waals surface area contributed by atoms with Crippen LogP contribution in [0.15, 0.2) is 42.5 Å². The Morgan fingerprint density at radius 3 is 2.74 bits per heavy atom. The van der Waals surface area contributed by atoms with Crippen LogP contribution in [0.4, 0.5) is 16.0 Å². The SMILES string of the molecule is CC1(C)O[C@@H]2[C@H](O1)C(CCc1cc(F)c3cc(Cl)c(N)nc3c1)=C[C@H]2n1cnc2c(N)ncnc21. The van der Waals surface area contributed by atoms with Crippen LogP contribution in [-0.2, 0) is 15.9 Å². The van der Waals surface area contributed by atoms with Crippen molar-refractivity contribution in [2.24, 2.45) is 0 Å². The third-order valence-corrected chi connectivity index (χ3v) is 6.85. The summed E-state index contributed by atoms with van der Waals surface area (Å²) in [6.45, 7) is 3.79. The summed E-state index contributed by atoms with van der Waals surface area (Å²) in [7, 11) is 0. The number of fused-ring (bicyclic) bond motifs is 3. The van der Waals surface area contributed by atoms with Crippen molar-refractivity contribution >= 4 is 45.3 Å². The van der Waals surface area contributed by atoms with E-state index >= 15 is 0 Å². The summed E-state index contributed by atoms with van der Waals surface area (Å²) in [6.07, 6.45) is 5.97. The molecule has 4 N–H and O–H groups in total. The molecule has 1 aromatic carbocycles. The number of nitrogen functional groups attached to an aromatic ring is 2. The zero-order chi connectivity index (χ0) is 24.5. The van der Waals surface area contributed by atoms with Crippen molar-refractivity contribution < 1.29 is 13.9 Å². The van der Waals surface area contributed by atoms with E-state index < -0.39 is 5.79 Å². The van der Waals surface area contributed by atoms with E-state index in [1.807, 2.05) is 24.5 Å². The lowest BCUT2D eigenvalue weighted by Gasteiger charge is -2.21. The molecule has 4 aromatic rings. The lowest BCUT2D eigenvalue weighted by atomic mass is 10.0. The number of hydrogen-bond donors (Lipinski definition) is 2. The van der Waals surface area contributed by atoms with E-state index in [-0.39, 0.29) is 34.9 Å². The van der Waals surface area contributed by atoms with Gasteiger partial charge in [0.2, 0.25) is 0 Å². The number of hydrogen-bond acceptors (Lipinski definition) is 8. The molecule has 6 rings (SSSR count). The second kappa shape index (κ2) is 7.84. The number of nitrogens with zero attached hydrogens (tertiary/aromatic N) is 5. The van der Waals surface area contributed by atoms with Gasteiger partial charge in [-0.05, 0) is 56.0 Å². The summed E-state index contributed by atoms with van der Waals surface area (Å²) >= 11 is 6.01. The Morgan fingerprint density at radius 2 is 1.91 bits per heavy atom. The Bertz CT molecular complexity index is 1520. The summed E-state index contributed by atoms with van der Waals surface area (Å²) in [5, 5.41) is 0.577. The van der Waals surface area contributed by atoms with Crippen LogP contribution in [0.3, 0.4) is 0 Å². The van der Waals surface area contributed by atoms with Crippen molar-refractivity contribution in [3.8, 4) is 0 Å². The highest BCUT2D eigenvalue weighted by molar-refractivity contribution is 6.33. The molecular formula is C24H23ClFN7O2. The summed E-state index contributed by atoms with van der Waals surface area (Å²) in [5.74, 6) is -0.625. The maximum atomic E-state index is 14.8. The molecule has 0 amide bonds. The van der Waals surface area contributed by atoms with E-state index in [2.05, 4.69) is 26.0 Å². The normalized spacial score (nSPS) is 23.2. The van der Waals surface area contributed by atoms with Crippen molar-refractivity contribution in [2.75, 3.05) is 11.5 Å². The Kier molecular flexibility index (Phi) is 4.96. The third-order valence-electron chi connectivity index (χ3n) is 6.55. The van der Waals surface area contributed by atoms with Crippen molar-refractivity contribution in [3.63, 3.8) is 0 Å². The highest BCUT2D eigenvalue weighted by Gasteiger charge is 2.50. The van der Waals surface area contributed by atoms with Gasteiger partial charge >= 0.3 is 0 Å². The summed E-state index contributed by atoms with van der Waals surface area (Å²) < 4.78 is 29.3. The molecule has 3 atom stereocenters. The molecule has 9 nitrogen and oxygen atoms in total. The molecule has 3 aromatic heterocycles. The quantitative estimate of drug-likeness (QED) is 0.407. The summed E-state index contributed by atoms with van der Waals surface area (Å²) in [5.41, 5.74) is 15.3. The zero-order valence-electron chi connectivity index (χ0n) is 19.1. The third kappa shape index (κ3) is 3.69. The van der Waals surface area contributed by atoms with Crippen molar-refractivity contribution in [1.82, 2.24) is 24.5 Å². The van der Waals surface area contributed by atoms with Gasteiger partial charge in [0.05, 0.1) is 22.9 Å². The number of imidazole rings is 1. The van der Waals surface area contributed by atoms with Gasteiger partial charge in [-0.2, -0.15) is 0 Å². The fraction of sp³-hybridized carbons (Fsp3) is 0.333. The smallest absolute Gasteiger partial charge is 0.166 e. The van der Waals surface area contributed by atoms with Crippen LogP contribution in [0.1, 0.15) is 31.9 Å². The van der Waals surface area contributed by atoms with Crippen LogP contribution in [0.2, 0.25) is 5.02 Å². The first kappa shape index (κ1) is 22.1. The molecule has 1 aliphatic heterocycles. The molecule has 0 saturated carbocycles. The molecule has 0 radical (unpaired) electrons. The van der Waals surface area contributed by atoms with Gasteiger partial charge in [0.15, 0.2) is 17.3 Å². The van der Waals surface area contributed by atoms with Gasteiger partial charge in [-0.25, -0.2) is 24.3 Å². The lowest BCUT2D eigenvalue weighted by Crippen LogP contribution is -2.28. The van der Waals surface area contributed by atoms with Gasteiger partial charge in [-0.1, -0.05) is 17.7 Å². The average molecular weight is 496 g/mol. The van der Waals surface area contributed by atoms with Crippen LogP contribution in [0.25, 0.3) is 22.1 Å². The van der Waals surface area contributed by atoms with Crippen molar-refractivity contribution in [2.45, 2.75) is 50.7 Å². The monoisotopic (exact) mass is 495 g/mol. The number of nitrogens with two attached hydrogens (primary N) is 2. The Morgan fingerprint density at radius 1 is 1.09 bits per heavy atom. The topological polar surface area (TPSA) is 127 Å². The van der Waals surface area contributed by atoms with Crippen LogP contribution in [0.5, 0.6) is 0 Å². The van der Waals surface area contributed by atoms with Crippen LogP contribution in [-0.4, -0.2) is 42.5 Å². The number of aryl methyl sites for hydroxylation is 1. The lowest BCUT2D eigenvalue weighted by molar-refractivity contribution is -0.147. The van der Waals surface area contributed by atoms with Crippen LogP contribution in [0, 0.1) is 5.82 Å². The maximum absolute atomic E-state index is 14.8. The van der Waals surface area contributed by atoms with E-state index in [0.29, 0.717) is 40.7 Å². The summed E-state index contributed by atoms with van der Waals surface area (Å²) in [4.78, 5) is 17.1. The van der Waals surface area contributed by atoms with E-state index in [9.17, 15) is 4.39 Å². The zero-order valence-corrected chi connectivity index (χ0v) is 19.8. The average Bonchev–Trinajstić information content (AvgIpc) is 3.45. The molecule has 0 bridgehead atoms. The van der Waals surface area contributed by atoms with Gasteiger partial charge in [0, 0.05) is 5.39 Å². The molecule has 0 spiro atoms. The first-order chi connectivity index (χ1) is 16.7. The predicted molar refractivity (Wildman–Crippen MR) is 130 cm³/mol. The minimum atomic E-state index is -0.743. The number of ether oxygens (including phenoxy) is 2. The molecule has 1 saturated heterocycles. The number of benzene rings is 1. The Labute approximate surface area is 204 Å². The first-order valence-electron chi connectivity index (χ1n) is 11.2. The Balaban J connectivity index is 1.33. The second-order valence-electron chi connectivity index (χ2n) is 9.34. The highest BCUT2D eigenvalue weighted by atomic mass is 35.5. The van der Waals surface area contributed by atoms with Gasteiger partial charge in [-0.15, -0.1) is 0 Å². The molecule has 2 aliphatic rings. The Hall–Kier alpha value is -3.34.